The van der Waals surface area contributed by atoms with E-state index in [-0.39, 0.29) is 31.4 Å². The van der Waals surface area contributed by atoms with Crippen LogP contribution in [0, 0.1) is 18.8 Å². The molecule has 1 aromatic rings. The zero-order valence-corrected chi connectivity index (χ0v) is 11.5. The Bertz CT molecular complexity index is 555. The van der Waals surface area contributed by atoms with E-state index in [1.165, 1.54) is 7.11 Å². The molecule has 0 aliphatic rings. The lowest BCUT2D eigenvalue weighted by atomic mass is 10.0. The van der Waals surface area contributed by atoms with Crippen molar-refractivity contribution in [1.29, 1.82) is 0 Å². The Balaban J connectivity index is 2.80. The van der Waals surface area contributed by atoms with Gasteiger partial charge in [0.15, 0.2) is 0 Å². The summed E-state index contributed by atoms with van der Waals surface area (Å²) >= 11 is 0. The maximum absolute atomic E-state index is 12.1. The highest BCUT2D eigenvalue weighted by atomic mass is 16.5. The molecule has 5 nitrogen and oxygen atoms in total. The molecule has 0 aliphatic heterocycles. The molecule has 0 bridgehead atoms. The Labute approximate surface area is 117 Å². The minimum Gasteiger partial charge on any atom is -0.469 e. The van der Waals surface area contributed by atoms with E-state index in [9.17, 15) is 9.59 Å². The van der Waals surface area contributed by atoms with Gasteiger partial charge in [-0.2, -0.15) is 0 Å². The van der Waals surface area contributed by atoms with E-state index in [1.807, 2.05) is 13.0 Å². The van der Waals surface area contributed by atoms with Gasteiger partial charge in [-0.25, -0.2) is 0 Å². The molecule has 1 rings (SSSR count). The highest BCUT2D eigenvalue weighted by Gasteiger charge is 2.11. The van der Waals surface area contributed by atoms with Crippen LogP contribution in [-0.4, -0.2) is 37.2 Å². The summed E-state index contributed by atoms with van der Waals surface area (Å²) in [4.78, 5) is 23.0. The standard InChI is InChI=1S/C15H17NO4/c1-11-5-6-12(4-3-9-17)13(10-11)15(19)16-8-7-14(18)20-2/h5-6,10,17H,7-9H2,1-2H3,(H,16,19). The first-order valence-electron chi connectivity index (χ1n) is 6.14. The number of nitrogens with one attached hydrogen (secondary N) is 1. The van der Waals surface area contributed by atoms with Crippen LogP contribution >= 0.6 is 0 Å². The average Bonchev–Trinajstić information content (AvgIpc) is 2.45. The Kier molecular flexibility index (Phi) is 6.27. The zero-order valence-electron chi connectivity index (χ0n) is 11.5. The summed E-state index contributed by atoms with van der Waals surface area (Å²) in [6, 6.07) is 5.29. The molecule has 0 fully saturated rings. The van der Waals surface area contributed by atoms with Crippen LogP contribution in [0.5, 0.6) is 0 Å². The summed E-state index contributed by atoms with van der Waals surface area (Å²) in [5, 5.41) is 11.4. The predicted molar refractivity (Wildman–Crippen MR) is 74.1 cm³/mol. The number of aryl methyl sites for hydroxylation is 1. The number of aliphatic hydroxyl groups is 1. The van der Waals surface area contributed by atoms with Crippen molar-refractivity contribution < 1.29 is 19.4 Å². The Morgan fingerprint density at radius 2 is 2.15 bits per heavy atom. The summed E-state index contributed by atoms with van der Waals surface area (Å²) in [5.74, 6) is 4.56. The van der Waals surface area contributed by atoms with Crippen molar-refractivity contribution in [1.82, 2.24) is 5.32 Å². The van der Waals surface area contributed by atoms with Gasteiger partial charge in [-0.05, 0) is 19.1 Å². The first-order valence-corrected chi connectivity index (χ1v) is 6.14. The highest BCUT2D eigenvalue weighted by molar-refractivity contribution is 5.97. The van der Waals surface area contributed by atoms with Gasteiger partial charge in [0.2, 0.25) is 0 Å². The summed E-state index contributed by atoms with van der Waals surface area (Å²) in [6.45, 7) is 1.80. The number of ether oxygens (including phenoxy) is 1. The van der Waals surface area contributed by atoms with Crippen LogP contribution < -0.4 is 5.32 Å². The van der Waals surface area contributed by atoms with Crippen LogP contribution in [0.25, 0.3) is 0 Å². The van der Waals surface area contributed by atoms with E-state index in [0.717, 1.165) is 5.56 Å². The van der Waals surface area contributed by atoms with Gasteiger partial charge in [0.1, 0.15) is 6.61 Å². The number of amides is 1. The number of aliphatic hydroxyl groups excluding tert-OH is 1. The Morgan fingerprint density at radius 3 is 2.80 bits per heavy atom. The van der Waals surface area contributed by atoms with Crippen LogP contribution in [0.1, 0.15) is 27.9 Å². The van der Waals surface area contributed by atoms with E-state index in [2.05, 4.69) is 21.9 Å². The fourth-order valence-corrected chi connectivity index (χ4v) is 1.57. The second-order valence-electron chi connectivity index (χ2n) is 4.09. The molecule has 0 saturated carbocycles. The van der Waals surface area contributed by atoms with Crippen molar-refractivity contribution in [3.63, 3.8) is 0 Å². The molecular weight excluding hydrogens is 258 g/mol. The summed E-state index contributed by atoms with van der Waals surface area (Å²) in [7, 11) is 1.30. The summed E-state index contributed by atoms with van der Waals surface area (Å²) in [6.07, 6.45) is 0.117. The van der Waals surface area contributed by atoms with Gasteiger partial charge in [0.25, 0.3) is 5.91 Å². The molecule has 0 unspecified atom stereocenters. The minimum atomic E-state index is -0.380. The van der Waals surface area contributed by atoms with Crippen LogP contribution in [0.15, 0.2) is 18.2 Å². The number of carbonyl (C=O) groups excluding carboxylic acids is 2. The van der Waals surface area contributed by atoms with Gasteiger partial charge in [0.05, 0.1) is 19.1 Å². The molecule has 0 aliphatic carbocycles. The smallest absolute Gasteiger partial charge is 0.307 e. The number of benzene rings is 1. The van der Waals surface area contributed by atoms with Gasteiger partial charge in [0, 0.05) is 12.1 Å². The number of hydrogen-bond acceptors (Lipinski definition) is 4. The van der Waals surface area contributed by atoms with Crippen LogP contribution in [0.4, 0.5) is 0 Å². The van der Waals surface area contributed by atoms with Gasteiger partial charge in [-0.1, -0.05) is 23.5 Å². The van der Waals surface area contributed by atoms with Gasteiger partial charge < -0.3 is 15.2 Å². The normalized spacial score (nSPS) is 9.35. The van der Waals surface area contributed by atoms with Crippen LogP contribution in [0.3, 0.4) is 0 Å². The lowest BCUT2D eigenvalue weighted by Gasteiger charge is -2.07. The van der Waals surface area contributed by atoms with Crippen molar-refractivity contribution in [2.45, 2.75) is 13.3 Å². The van der Waals surface area contributed by atoms with E-state index in [4.69, 9.17) is 5.11 Å². The molecule has 0 heterocycles. The molecule has 20 heavy (non-hydrogen) atoms. The summed E-state index contributed by atoms with van der Waals surface area (Å²) in [5.41, 5.74) is 1.90. The second-order valence-corrected chi connectivity index (χ2v) is 4.09. The molecule has 106 valence electrons. The van der Waals surface area contributed by atoms with Gasteiger partial charge >= 0.3 is 5.97 Å². The van der Waals surface area contributed by atoms with Crippen LogP contribution in [0.2, 0.25) is 0 Å². The third-order valence-corrected chi connectivity index (χ3v) is 2.56. The van der Waals surface area contributed by atoms with Gasteiger partial charge in [-0.15, -0.1) is 0 Å². The topological polar surface area (TPSA) is 75.6 Å². The van der Waals surface area contributed by atoms with Gasteiger partial charge in [-0.3, -0.25) is 9.59 Å². The lowest BCUT2D eigenvalue weighted by Crippen LogP contribution is -2.27. The van der Waals surface area contributed by atoms with Crippen molar-refractivity contribution in [3.8, 4) is 11.8 Å². The van der Waals surface area contributed by atoms with Crippen molar-refractivity contribution >= 4 is 11.9 Å². The molecule has 0 spiro atoms. The largest absolute Gasteiger partial charge is 0.469 e. The quantitative estimate of drug-likeness (QED) is 0.624. The third-order valence-electron chi connectivity index (χ3n) is 2.56. The summed E-state index contributed by atoms with van der Waals surface area (Å²) < 4.78 is 4.49. The van der Waals surface area contributed by atoms with Crippen LogP contribution in [-0.2, 0) is 9.53 Å². The second kappa shape index (κ2) is 7.97. The number of esters is 1. The minimum absolute atomic E-state index is 0.117. The molecule has 1 aromatic carbocycles. The fourth-order valence-electron chi connectivity index (χ4n) is 1.57. The molecule has 0 saturated heterocycles. The lowest BCUT2D eigenvalue weighted by molar-refractivity contribution is -0.140. The number of rotatable bonds is 4. The highest BCUT2D eigenvalue weighted by Crippen LogP contribution is 2.10. The number of carbonyl (C=O) groups is 2. The SMILES string of the molecule is COC(=O)CCNC(=O)c1cc(C)ccc1C#CCO. The van der Waals surface area contributed by atoms with E-state index >= 15 is 0 Å². The van der Waals surface area contributed by atoms with Crippen molar-refractivity contribution in [2.75, 3.05) is 20.3 Å². The first kappa shape index (κ1) is 15.7. The molecule has 0 aromatic heterocycles. The third kappa shape index (κ3) is 4.75. The average molecular weight is 275 g/mol. The maximum atomic E-state index is 12.1. The molecule has 5 heteroatoms. The number of methoxy groups -OCH3 is 1. The fraction of sp³-hybridized carbons (Fsp3) is 0.333. The van der Waals surface area contributed by atoms with E-state index in [0.29, 0.717) is 11.1 Å². The Hall–Kier alpha value is -2.32. The molecule has 0 radical (unpaired) electrons. The zero-order chi connectivity index (χ0) is 15.0. The molecule has 2 N–H and O–H groups in total. The van der Waals surface area contributed by atoms with E-state index in [1.54, 1.807) is 12.1 Å². The van der Waals surface area contributed by atoms with E-state index < -0.39 is 0 Å². The van der Waals surface area contributed by atoms with Crippen molar-refractivity contribution in [2.24, 2.45) is 0 Å². The predicted octanol–water partition coefficient (Wildman–Crippen LogP) is 0.632. The molecule has 1 amide bonds. The Morgan fingerprint density at radius 1 is 1.40 bits per heavy atom. The maximum Gasteiger partial charge on any atom is 0.307 e. The van der Waals surface area contributed by atoms with Crippen molar-refractivity contribution in [3.05, 3.63) is 34.9 Å². The molecule has 0 atom stereocenters. The first-order chi connectivity index (χ1) is 9.58. The number of hydrogen-bond donors (Lipinski definition) is 2. The molecular formula is C15H17NO4. The monoisotopic (exact) mass is 275 g/mol.